The Morgan fingerprint density at radius 1 is 1.50 bits per heavy atom. The third kappa shape index (κ3) is 3.94. The van der Waals surface area contributed by atoms with E-state index in [4.69, 9.17) is 16.3 Å². The fourth-order valence-corrected chi connectivity index (χ4v) is 2.36. The second-order valence-corrected chi connectivity index (χ2v) is 5.42. The van der Waals surface area contributed by atoms with E-state index in [1.807, 2.05) is 12.3 Å². The molecule has 0 saturated heterocycles. The lowest BCUT2D eigenvalue weighted by molar-refractivity contribution is 0.111. The van der Waals surface area contributed by atoms with Crippen molar-refractivity contribution in [3.63, 3.8) is 0 Å². The molecule has 1 aliphatic rings. The zero-order valence-electron chi connectivity index (χ0n) is 11.1. The fourth-order valence-electron chi connectivity index (χ4n) is 2.25. The molecule has 0 amide bonds. The van der Waals surface area contributed by atoms with Crippen LogP contribution in [0.25, 0.3) is 0 Å². The summed E-state index contributed by atoms with van der Waals surface area (Å²) in [7, 11) is 1.75. The monoisotopic (exact) mass is 268 g/mol. The maximum atomic E-state index is 5.81. The Bertz CT molecular complexity index is 365. The van der Waals surface area contributed by atoms with Gasteiger partial charge in [0.1, 0.15) is 5.15 Å². The van der Waals surface area contributed by atoms with E-state index in [2.05, 4.69) is 22.9 Å². The number of nitrogens with zero attached hydrogens (tertiary/aromatic N) is 2. The Hall–Kier alpha value is -0.640. The van der Waals surface area contributed by atoms with Gasteiger partial charge in [-0.1, -0.05) is 17.7 Å². The zero-order valence-corrected chi connectivity index (χ0v) is 11.9. The molecule has 2 rings (SSSR count). The molecule has 1 saturated carbocycles. The van der Waals surface area contributed by atoms with Gasteiger partial charge in [-0.15, -0.1) is 0 Å². The molecule has 1 aromatic rings. The Morgan fingerprint density at radius 2 is 2.28 bits per heavy atom. The average molecular weight is 269 g/mol. The summed E-state index contributed by atoms with van der Waals surface area (Å²) >= 11 is 5.81. The molecule has 0 aromatic carbocycles. The van der Waals surface area contributed by atoms with Crippen molar-refractivity contribution < 1.29 is 4.74 Å². The SMILES string of the molecule is COCCN(Cc1ccc(Cl)nc1)C(C)C1CC1. The smallest absolute Gasteiger partial charge is 0.129 e. The van der Waals surface area contributed by atoms with Crippen LogP contribution < -0.4 is 0 Å². The van der Waals surface area contributed by atoms with Crippen LogP contribution in [0.3, 0.4) is 0 Å². The summed E-state index contributed by atoms with van der Waals surface area (Å²) < 4.78 is 5.20. The van der Waals surface area contributed by atoms with Crippen LogP contribution in [-0.2, 0) is 11.3 Å². The molecule has 1 fully saturated rings. The Balaban J connectivity index is 1.96. The highest BCUT2D eigenvalue weighted by molar-refractivity contribution is 6.29. The summed E-state index contributed by atoms with van der Waals surface area (Å²) in [6, 6.07) is 4.53. The third-order valence-electron chi connectivity index (χ3n) is 3.64. The van der Waals surface area contributed by atoms with Gasteiger partial charge in [-0.3, -0.25) is 4.90 Å². The van der Waals surface area contributed by atoms with E-state index in [0.29, 0.717) is 11.2 Å². The maximum Gasteiger partial charge on any atom is 0.129 e. The Labute approximate surface area is 114 Å². The van der Waals surface area contributed by atoms with Crippen LogP contribution in [0.5, 0.6) is 0 Å². The molecule has 0 bridgehead atoms. The van der Waals surface area contributed by atoms with Crippen molar-refractivity contribution in [1.82, 2.24) is 9.88 Å². The summed E-state index contributed by atoms with van der Waals surface area (Å²) in [6.45, 7) is 4.98. The van der Waals surface area contributed by atoms with E-state index in [1.54, 1.807) is 7.11 Å². The highest BCUT2D eigenvalue weighted by Crippen LogP contribution is 2.35. The van der Waals surface area contributed by atoms with E-state index in [-0.39, 0.29) is 0 Å². The first-order valence-electron chi connectivity index (χ1n) is 6.54. The maximum absolute atomic E-state index is 5.81. The molecule has 100 valence electrons. The molecule has 0 aliphatic heterocycles. The van der Waals surface area contributed by atoms with Crippen molar-refractivity contribution >= 4 is 11.6 Å². The summed E-state index contributed by atoms with van der Waals surface area (Å²) in [4.78, 5) is 6.62. The van der Waals surface area contributed by atoms with Gasteiger partial charge in [0.15, 0.2) is 0 Å². The lowest BCUT2D eigenvalue weighted by Gasteiger charge is -2.29. The van der Waals surface area contributed by atoms with Gasteiger partial charge in [0, 0.05) is 32.4 Å². The van der Waals surface area contributed by atoms with Crippen LogP contribution in [0, 0.1) is 5.92 Å². The Morgan fingerprint density at radius 3 is 2.83 bits per heavy atom. The number of methoxy groups -OCH3 is 1. The van der Waals surface area contributed by atoms with Crippen molar-refractivity contribution in [3.05, 3.63) is 29.0 Å². The van der Waals surface area contributed by atoms with Crippen LogP contribution in [0.4, 0.5) is 0 Å². The summed E-state index contributed by atoms with van der Waals surface area (Å²) in [5, 5.41) is 0.553. The Kier molecular flexibility index (Phi) is 4.98. The predicted octanol–water partition coefficient (Wildman–Crippen LogP) is 2.98. The van der Waals surface area contributed by atoms with Crippen molar-refractivity contribution in [2.75, 3.05) is 20.3 Å². The van der Waals surface area contributed by atoms with Crippen LogP contribution in [0.2, 0.25) is 5.15 Å². The molecule has 3 nitrogen and oxygen atoms in total. The van der Waals surface area contributed by atoms with Crippen LogP contribution in [0.15, 0.2) is 18.3 Å². The number of rotatable bonds is 7. The molecule has 1 unspecified atom stereocenters. The van der Waals surface area contributed by atoms with E-state index in [1.165, 1.54) is 18.4 Å². The van der Waals surface area contributed by atoms with E-state index in [0.717, 1.165) is 25.6 Å². The van der Waals surface area contributed by atoms with Gasteiger partial charge >= 0.3 is 0 Å². The van der Waals surface area contributed by atoms with E-state index < -0.39 is 0 Å². The number of pyridine rings is 1. The van der Waals surface area contributed by atoms with E-state index >= 15 is 0 Å². The minimum atomic E-state index is 0.553. The van der Waals surface area contributed by atoms with Gasteiger partial charge in [0.05, 0.1) is 6.61 Å². The van der Waals surface area contributed by atoms with Gasteiger partial charge in [0.25, 0.3) is 0 Å². The van der Waals surface area contributed by atoms with Crippen molar-refractivity contribution in [2.45, 2.75) is 32.4 Å². The lowest BCUT2D eigenvalue weighted by atomic mass is 10.1. The largest absolute Gasteiger partial charge is 0.383 e. The van der Waals surface area contributed by atoms with Gasteiger partial charge in [-0.25, -0.2) is 4.98 Å². The van der Waals surface area contributed by atoms with Gasteiger partial charge < -0.3 is 4.74 Å². The molecule has 1 aromatic heterocycles. The first kappa shape index (κ1) is 13.8. The molecule has 18 heavy (non-hydrogen) atoms. The molecule has 1 atom stereocenters. The number of hydrogen-bond acceptors (Lipinski definition) is 3. The predicted molar refractivity (Wildman–Crippen MR) is 73.7 cm³/mol. The number of aromatic nitrogens is 1. The standard InChI is InChI=1S/C14H21ClN2O/c1-11(13-4-5-13)17(7-8-18-2)10-12-3-6-14(15)16-9-12/h3,6,9,11,13H,4-5,7-8,10H2,1-2H3. The van der Waals surface area contributed by atoms with Crippen molar-refractivity contribution in [2.24, 2.45) is 5.92 Å². The normalized spacial score (nSPS) is 17.1. The summed E-state index contributed by atoms with van der Waals surface area (Å²) in [6.07, 6.45) is 4.59. The average Bonchev–Trinajstić information content (AvgIpc) is 3.20. The molecular weight excluding hydrogens is 248 g/mol. The topological polar surface area (TPSA) is 25.4 Å². The summed E-state index contributed by atoms with van der Waals surface area (Å²) in [5.41, 5.74) is 1.21. The van der Waals surface area contributed by atoms with E-state index in [9.17, 15) is 0 Å². The van der Waals surface area contributed by atoms with Crippen LogP contribution in [0.1, 0.15) is 25.3 Å². The van der Waals surface area contributed by atoms with Crippen molar-refractivity contribution in [3.8, 4) is 0 Å². The molecule has 0 N–H and O–H groups in total. The molecule has 0 spiro atoms. The molecule has 4 heteroatoms. The molecular formula is C14H21ClN2O. The van der Waals surface area contributed by atoms with Gasteiger partial charge in [-0.05, 0) is 37.3 Å². The lowest BCUT2D eigenvalue weighted by Crippen LogP contribution is -2.36. The van der Waals surface area contributed by atoms with Crippen LogP contribution in [-0.4, -0.2) is 36.2 Å². The molecule has 0 radical (unpaired) electrons. The molecule has 1 aliphatic carbocycles. The van der Waals surface area contributed by atoms with Crippen LogP contribution >= 0.6 is 11.6 Å². The minimum Gasteiger partial charge on any atom is -0.383 e. The third-order valence-corrected chi connectivity index (χ3v) is 3.86. The summed E-state index contributed by atoms with van der Waals surface area (Å²) in [5.74, 6) is 0.863. The minimum absolute atomic E-state index is 0.553. The first-order chi connectivity index (χ1) is 8.70. The number of ether oxygens (including phenoxy) is 1. The quantitative estimate of drug-likeness (QED) is 0.711. The van der Waals surface area contributed by atoms with Crippen molar-refractivity contribution in [1.29, 1.82) is 0 Å². The highest BCUT2D eigenvalue weighted by Gasteiger charge is 2.31. The first-order valence-corrected chi connectivity index (χ1v) is 6.92. The second kappa shape index (κ2) is 6.50. The van der Waals surface area contributed by atoms with Gasteiger partial charge in [0.2, 0.25) is 0 Å². The molecule has 1 heterocycles. The second-order valence-electron chi connectivity index (χ2n) is 5.03. The number of halogens is 1. The fraction of sp³-hybridized carbons (Fsp3) is 0.643. The zero-order chi connectivity index (χ0) is 13.0. The highest BCUT2D eigenvalue weighted by atomic mass is 35.5. The number of hydrogen-bond donors (Lipinski definition) is 0. The van der Waals surface area contributed by atoms with Gasteiger partial charge in [-0.2, -0.15) is 0 Å².